The molecule has 1 aromatic rings. The van der Waals surface area contributed by atoms with E-state index in [4.69, 9.17) is 16.3 Å². The number of halogens is 1. The van der Waals surface area contributed by atoms with E-state index in [2.05, 4.69) is 29.3 Å². The third kappa shape index (κ3) is 4.37. The smallest absolute Gasteiger partial charge is 0.0587 e. The molecule has 1 saturated heterocycles. The molecule has 0 aromatic heterocycles. The highest BCUT2D eigenvalue weighted by atomic mass is 35.5. The predicted octanol–water partition coefficient (Wildman–Crippen LogP) is 3.31. The number of hydrogen-bond acceptors (Lipinski definition) is 3. The number of rotatable bonds is 6. The fourth-order valence-corrected chi connectivity index (χ4v) is 2.95. The summed E-state index contributed by atoms with van der Waals surface area (Å²) in [5, 5.41) is 4.24. The maximum Gasteiger partial charge on any atom is 0.0587 e. The molecule has 1 fully saturated rings. The molecule has 0 saturated carbocycles. The largest absolute Gasteiger partial charge is 0.383 e. The molecule has 0 amide bonds. The molecule has 0 bridgehead atoms. The second-order valence-corrected chi connectivity index (χ2v) is 6.07. The highest BCUT2D eigenvalue weighted by molar-refractivity contribution is 6.30. The lowest BCUT2D eigenvalue weighted by Crippen LogP contribution is -2.35. The van der Waals surface area contributed by atoms with Gasteiger partial charge in [0.25, 0.3) is 0 Å². The molecule has 20 heavy (non-hydrogen) atoms. The van der Waals surface area contributed by atoms with Crippen LogP contribution in [0, 0.1) is 5.92 Å². The van der Waals surface area contributed by atoms with E-state index in [1.54, 1.807) is 7.11 Å². The van der Waals surface area contributed by atoms with Crippen molar-refractivity contribution in [1.29, 1.82) is 0 Å². The van der Waals surface area contributed by atoms with Crippen LogP contribution in [0.1, 0.15) is 25.3 Å². The van der Waals surface area contributed by atoms with Gasteiger partial charge in [0.2, 0.25) is 0 Å². The lowest BCUT2D eigenvalue weighted by atomic mass is 9.99. The Labute approximate surface area is 127 Å². The van der Waals surface area contributed by atoms with Gasteiger partial charge in [-0.3, -0.25) is 0 Å². The minimum absolute atomic E-state index is 0.740. The molecule has 112 valence electrons. The second-order valence-electron chi connectivity index (χ2n) is 5.64. The van der Waals surface area contributed by atoms with Crippen molar-refractivity contribution in [3.05, 3.63) is 28.8 Å². The quantitative estimate of drug-likeness (QED) is 0.815. The summed E-state index contributed by atoms with van der Waals surface area (Å²) in [4.78, 5) is 2.48. The minimum Gasteiger partial charge on any atom is -0.383 e. The van der Waals surface area contributed by atoms with E-state index < -0.39 is 0 Å². The van der Waals surface area contributed by atoms with Crippen molar-refractivity contribution in [1.82, 2.24) is 5.32 Å². The average molecular weight is 297 g/mol. The number of piperidine rings is 1. The third-order valence-corrected chi connectivity index (χ3v) is 4.08. The van der Waals surface area contributed by atoms with Crippen molar-refractivity contribution < 1.29 is 4.74 Å². The van der Waals surface area contributed by atoms with Crippen LogP contribution in [0.4, 0.5) is 5.69 Å². The Morgan fingerprint density at radius 3 is 3.05 bits per heavy atom. The van der Waals surface area contributed by atoms with Crippen LogP contribution < -0.4 is 10.2 Å². The van der Waals surface area contributed by atoms with Gasteiger partial charge >= 0.3 is 0 Å². The van der Waals surface area contributed by atoms with Gasteiger partial charge in [0.15, 0.2) is 0 Å². The van der Waals surface area contributed by atoms with Gasteiger partial charge in [0, 0.05) is 44.0 Å². The lowest BCUT2D eigenvalue weighted by Gasteiger charge is -2.34. The lowest BCUT2D eigenvalue weighted by molar-refractivity contribution is 0.199. The highest BCUT2D eigenvalue weighted by Gasteiger charge is 2.19. The van der Waals surface area contributed by atoms with Crippen LogP contribution in [0.25, 0.3) is 0 Å². The Morgan fingerprint density at radius 1 is 1.45 bits per heavy atom. The van der Waals surface area contributed by atoms with Crippen LogP contribution in [0.2, 0.25) is 5.02 Å². The highest BCUT2D eigenvalue weighted by Crippen LogP contribution is 2.29. The first-order chi connectivity index (χ1) is 9.70. The first-order valence-electron chi connectivity index (χ1n) is 7.43. The van der Waals surface area contributed by atoms with Crippen molar-refractivity contribution in [3.63, 3.8) is 0 Å². The van der Waals surface area contributed by atoms with Crippen molar-refractivity contribution in [2.75, 3.05) is 38.3 Å². The average Bonchev–Trinajstić information content (AvgIpc) is 2.45. The molecular formula is C16H25ClN2O. The fourth-order valence-electron chi connectivity index (χ4n) is 2.79. The maximum absolute atomic E-state index is 6.19. The summed E-state index contributed by atoms with van der Waals surface area (Å²) in [6.45, 7) is 7.06. The fraction of sp³-hybridized carbons (Fsp3) is 0.625. The van der Waals surface area contributed by atoms with E-state index in [-0.39, 0.29) is 0 Å². The van der Waals surface area contributed by atoms with E-state index >= 15 is 0 Å². The standard InChI is InChI=1S/C16H25ClN2O/c1-13-4-3-8-19(12-13)16-10-15(17)6-5-14(16)11-18-7-9-20-2/h5-6,10,13,18H,3-4,7-9,11-12H2,1-2H3. The van der Waals surface area contributed by atoms with Crippen LogP contribution >= 0.6 is 11.6 Å². The maximum atomic E-state index is 6.19. The Hall–Kier alpha value is -0.770. The van der Waals surface area contributed by atoms with Crippen LogP contribution in [-0.4, -0.2) is 33.4 Å². The van der Waals surface area contributed by atoms with Gasteiger partial charge in [-0.1, -0.05) is 24.6 Å². The number of nitrogens with one attached hydrogen (secondary N) is 1. The van der Waals surface area contributed by atoms with Gasteiger partial charge in [-0.05, 0) is 36.5 Å². The summed E-state index contributed by atoms with van der Waals surface area (Å²) in [6.07, 6.45) is 2.60. The van der Waals surface area contributed by atoms with E-state index in [1.807, 2.05) is 6.07 Å². The molecule has 1 unspecified atom stereocenters. The SMILES string of the molecule is COCCNCc1ccc(Cl)cc1N1CCCC(C)C1. The Kier molecular flexibility index (Phi) is 6.14. The van der Waals surface area contributed by atoms with Crippen LogP contribution in [0.3, 0.4) is 0 Å². The Morgan fingerprint density at radius 2 is 2.30 bits per heavy atom. The van der Waals surface area contributed by atoms with E-state index in [0.717, 1.165) is 43.7 Å². The molecule has 1 N–H and O–H groups in total. The zero-order valence-electron chi connectivity index (χ0n) is 12.5. The first kappa shape index (κ1) is 15.6. The number of anilines is 1. The number of hydrogen-bond donors (Lipinski definition) is 1. The third-order valence-electron chi connectivity index (χ3n) is 3.84. The molecule has 4 heteroatoms. The van der Waals surface area contributed by atoms with Crippen molar-refractivity contribution >= 4 is 17.3 Å². The van der Waals surface area contributed by atoms with E-state index in [0.29, 0.717) is 0 Å². The van der Waals surface area contributed by atoms with Gasteiger partial charge < -0.3 is 15.0 Å². The second kappa shape index (κ2) is 7.87. The van der Waals surface area contributed by atoms with Gasteiger partial charge in [-0.2, -0.15) is 0 Å². The molecule has 0 aliphatic carbocycles. The predicted molar refractivity (Wildman–Crippen MR) is 85.6 cm³/mol. The molecule has 0 radical (unpaired) electrons. The molecule has 0 spiro atoms. The molecule has 3 nitrogen and oxygen atoms in total. The molecule has 2 rings (SSSR count). The van der Waals surface area contributed by atoms with Crippen molar-refractivity contribution in [2.45, 2.75) is 26.3 Å². The van der Waals surface area contributed by atoms with E-state index in [9.17, 15) is 0 Å². The van der Waals surface area contributed by atoms with Gasteiger partial charge in [0.05, 0.1) is 6.61 Å². The van der Waals surface area contributed by atoms with Gasteiger partial charge in [-0.25, -0.2) is 0 Å². The van der Waals surface area contributed by atoms with Crippen LogP contribution in [-0.2, 0) is 11.3 Å². The molecule has 1 aliphatic rings. The summed E-state index contributed by atoms with van der Waals surface area (Å²) >= 11 is 6.19. The summed E-state index contributed by atoms with van der Waals surface area (Å²) in [5.41, 5.74) is 2.61. The molecule has 1 aliphatic heterocycles. The summed E-state index contributed by atoms with van der Waals surface area (Å²) in [5.74, 6) is 0.761. The van der Waals surface area contributed by atoms with Crippen LogP contribution in [0.15, 0.2) is 18.2 Å². The zero-order chi connectivity index (χ0) is 14.4. The van der Waals surface area contributed by atoms with Crippen molar-refractivity contribution in [3.8, 4) is 0 Å². The van der Waals surface area contributed by atoms with Crippen LogP contribution in [0.5, 0.6) is 0 Å². The molecular weight excluding hydrogens is 272 g/mol. The van der Waals surface area contributed by atoms with E-state index in [1.165, 1.54) is 24.1 Å². The monoisotopic (exact) mass is 296 g/mol. The van der Waals surface area contributed by atoms with Gasteiger partial charge in [0.1, 0.15) is 0 Å². The molecule has 1 aromatic carbocycles. The summed E-state index contributed by atoms with van der Waals surface area (Å²) in [6, 6.07) is 6.22. The zero-order valence-corrected chi connectivity index (χ0v) is 13.2. The Bertz CT molecular complexity index is 425. The normalized spacial score (nSPS) is 19.4. The van der Waals surface area contributed by atoms with Crippen molar-refractivity contribution in [2.24, 2.45) is 5.92 Å². The minimum atomic E-state index is 0.740. The Balaban J connectivity index is 2.06. The van der Waals surface area contributed by atoms with Gasteiger partial charge in [-0.15, -0.1) is 0 Å². The number of benzene rings is 1. The molecule has 1 heterocycles. The number of nitrogens with zero attached hydrogens (tertiary/aromatic N) is 1. The topological polar surface area (TPSA) is 24.5 Å². The molecule has 1 atom stereocenters. The first-order valence-corrected chi connectivity index (χ1v) is 7.81. The summed E-state index contributed by atoms with van der Waals surface area (Å²) < 4.78 is 5.07. The number of methoxy groups -OCH3 is 1. The summed E-state index contributed by atoms with van der Waals surface area (Å²) in [7, 11) is 1.73. The number of ether oxygens (including phenoxy) is 1.